The molecule has 4 saturated carbocycles. The molecule has 0 heterocycles. The van der Waals surface area contributed by atoms with Crippen LogP contribution >= 0.6 is 0 Å². The van der Waals surface area contributed by atoms with E-state index in [1.54, 1.807) is 5.57 Å². The van der Waals surface area contributed by atoms with Gasteiger partial charge in [0, 0.05) is 0 Å². The molecule has 6 atom stereocenters. The average molecular weight is 287 g/mol. The molecule has 0 spiro atoms. The molecule has 0 saturated heterocycles. The molecule has 21 heavy (non-hydrogen) atoms. The van der Waals surface area contributed by atoms with Gasteiger partial charge in [0.15, 0.2) is 0 Å². The lowest BCUT2D eigenvalue weighted by molar-refractivity contribution is 0.177. The van der Waals surface area contributed by atoms with Gasteiger partial charge in [-0.3, -0.25) is 0 Å². The monoisotopic (exact) mass is 287 g/mol. The topological polar surface area (TPSA) is 26.0 Å². The Hall–Kier alpha value is -0.300. The minimum absolute atomic E-state index is 0.550. The van der Waals surface area contributed by atoms with E-state index in [1.165, 1.54) is 57.8 Å². The molecule has 4 aliphatic rings. The van der Waals surface area contributed by atoms with Crippen LogP contribution in [0.5, 0.6) is 0 Å². The van der Waals surface area contributed by atoms with Gasteiger partial charge >= 0.3 is 0 Å². The van der Waals surface area contributed by atoms with Gasteiger partial charge < -0.3 is 5.73 Å². The van der Waals surface area contributed by atoms with Crippen LogP contribution in [0.3, 0.4) is 0 Å². The average Bonchev–Trinajstić information content (AvgIpc) is 3.05. The fourth-order valence-electron chi connectivity index (χ4n) is 7.11. The molecule has 2 N–H and O–H groups in total. The van der Waals surface area contributed by atoms with Crippen molar-refractivity contribution in [3.63, 3.8) is 0 Å². The van der Waals surface area contributed by atoms with Gasteiger partial charge in [-0.25, -0.2) is 0 Å². The Bertz CT molecular complexity index is 422. The van der Waals surface area contributed by atoms with Crippen molar-refractivity contribution in [2.75, 3.05) is 6.54 Å². The summed E-state index contributed by atoms with van der Waals surface area (Å²) < 4.78 is 0. The third-order valence-corrected chi connectivity index (χ3v) is 7.96. The van der Waals surface area contributed by atoms with E-state index in [2.05, 4.69) is 13.5 Å². The lowest BCUT2D eigenvalue weighted by Crippen LogP contribution is -2.32. The highest BCUT2D eigenvalue weighted by Gasteiger charge is 2.70. The second-order valence-electron chi connectivity index (χ2n) is 8.83. The molecule has 0 amide bonds. The maximum atomic E-state index is 6.44. The lowest BCUT2D eigenvalue weighted by Gasteiger charge is -2.34. The smallest absolute Gasteiger partial charge is 0.00122 e. The van der Waals surface area contributed by atoms with E-state index < -0.39 is 0 Å². The summed E-state index contributed by atoms with van der Waals surface area (Å²) in [6.07, 6.45) is 12.9. The molecule has 0 radical (unpaired) electrons. The van der Waals surface area contributed by atoms with E-state index in [1.807, 2.05) is 0 Å². The van der Waals surface area contributed by atoms with Crippen molar-refractivity contribution < 1.29 is 0 Å². The van der Waals surface area contributed by atoms with Crippen LogP contribution in [-0.4, -0.2) is 6.54 Å². The summed E-state index contributed by atoms with van der Waals surface area (Å²) in [6.45, 7) is 7.89. The maximum absolute atomic E-state index is 6.44. The van der Waals surface area contributed by atoms with Gasteiger partial charge in [-0.15, -0.1) is 0 Å². The van der Waals surface area contributed by atoms with Gasteiger partial charge in [0.05, 0.1) is 0 Å². The second kappa shape index (κ2) is 5.11. The summed E-state index contributed by atoms with van der Waals surface area (Å²) in [4.78, 5) is 0. The molecule has 0 aliphatic heterocycles. The highest BCUT2D eigenvalue weighted by atomic mass is 14.8. The molecule has 118 valence electrons. The molecule has 4 rings (SSSR count). The van der Waals surface area contributed by atoms with Crippen LogP contribution in [0.25, 0.3) is 0 Å². The number of hydrogen-bond donors (Lipinski definition) is 1. The van der Waals surface area contributed by atoms with Crippen LogP contribution < -0.4 is 5.73 Å². The van der Waals surface area contributed by atoms with Crippen LogP contribution in [0.15, 0.2) is 12.2 Å². The Labute approximate surface area is 130 Å². The number of nitrogens with two attached hydrogens (primary N) is 1. The summed E-state index contributed by atoms with van der Waals surface area (Å²) in [6, 6.07) is 0. The van der Waals surface area contributed by atoms with Gasteiger partial charge in [-0.05, 0) is 86.0 Å². The largest absolute Gasteiger partial charge is 0.330 e. The number of fused-ring (bicyclic) bond motifs is 3. The first kappa shape index (κ1) is 14.3. The summed E-state index contributed by atoms with van der Waals surface area (Å²) >= 11 is 0. The standard InChI is InChI=1S/C20H33N/c1-13-10-16-14(2)8-9-18-19(17(16)11-13)20(18,12-21)15-6-4-3-5-7-15/h13,15-19H,2-12,21H2,1H3/t13-,16+,17+,18+,19-,20+/m0/s1. The summed E-state index contributed by atoms with van der Waals surface area (Å²) in [5.74, 6) is 5.55. The Kier molecular flexibility index (Phi) is 3.48. The van der Waals surface area contributed by atoms with Gasteiger partial charge in [0.1, 0.15) is 0 Å². The van der Waals surface area contributed by atoms with Crippen molar-refractivity contribution in [1.29, 1.82) is 0 Å². The third kappa shape index (κ3) is 1.99. The Morgan fingerprint density at radius 2 is 1.90 bits per heavy atom. The van der Waals surface area contributed by atoms with Gasteiger partial charge in [-0.2, -0.15) is 0 Å². The normalized spacial score (nSPS) is 50.4. The quantitative estimate of drug-likeness (QED) is 0.727. The number of hydrogen-bond acceptors (Lipinski definition) is 1. The van der Waals surface area contributed by atoms with E-state index in [0.717, 1.165) is 42.1 Å². The first-order valence-electron chi connectivity index (χ1n) is 9.56. The van der Waals surface area contributed by atoms with Crippen molar-refractivity contribution in [2.45, 2.75) is 64.7 Å². The Morgan fingerprint density at radius 3 is 2.62 bits per heavy atom. The van der Waals surface area contributed by atoms with Crippen LogP contribution in [0.1, 0.15) is 64.7 Å². The molecule has 4 aliphatic carbocycles. The number of rotatable bonds is 2. The molecular weight excluding hydrogens is 254 g/mol. The van der Waals surface area contributed by atoms with Crippen molar-refractivity contribution in [3.8, 4) is 0 Å². The zero-order chi connectivity index (χ0) is 14.6. The lowest BCUT2D eigenvalue weighted by atomic mass is 9.72. The first-order chi connectivity index (χ1) is 10.2. The van der Waals surface area contributed by atoms with Crippen LogP contribution in [-0.2, 0) is 0 Å². The molecule has 4 fully saturated rings. The molecule has 1 nitrogen and oxygen atoms in total. The van der Waals surface area contributed by atoms with Crippen molar-refractivity contribution in [1.82, 2.24) is 0 Å². The van der Waals surface area contributed by atoms with E-state index in [9.17, 15) is 0 Å². The highest BCUT2D eigenvalue weighted by molar-refractivity contribution is 5.23. The Balaban J connectivity index is 1.62. The van der Waals surface area contributed by atoms with Crippen LogP contribution in [0, 0.1) is 40.9 Å². The molecule has 1 heteroatoms. The molecule has 0 bridgehead atoms. The van der Waals surface area contributed by atoms with Crippen molar-refractivity contribution in [3.05, 3.63) is 12.2 Å². The van der Waals surface area contributed by atoms with Crippen LogP contribution in [0.4, 0.5) is 0 Å². The van der Waals surface area contributed by atoms with E-state index in [-0.39, 0.29) is 0 Å². The summed E-state index contributed by atoms with van der Waals surface area (Å²) in [5.41, 5.74) is 8.58. The predicted octanol–water partition coefficient (Wildman–Crippen LogP) is 4.77. The number of allylic oxidation sites excluding steroid dienone is 1. The zero-order valence-corrected chi connectivity index (χ0v) is 13.8. The fourth-order valence-corrected chi connectivity index (χ4v) is 7.11. The van der Waals surface area contributed by atoms with Crippen LogP contribution in [0.2, 0.25) is 0 Å². The fraction of sp³-hybridized carbons (Fsp3) is 0.900. The first-order valence-corrected chi connectivity index (χ1v) is 9.56. The molecule has 0 aromatic rings. The van der Waals surface area contributed by atoms with Crippen molar-refractivity contribution in [2.24, 2.45) is 46.7 Å². The summed E-state index contributed by atoms with van der Waals surface area (Å²) in [5, 5.41) is 0. The van der Waals surface area contributed by atoms with Gasteiger partial charge in [0.25, 0.3) is 0 Å². The molecule has 0 aromatic carbocycles. The minimum Gasteiger partial charge on any atom is -0.330 e. The second-order valence-corrected chi connectivity index (χ2v) is 8.83. The van der Waals surface area contributed by atoms with Gasteiger partial charge in [0.2, 0.25) is 0 Å². The Morgan fingerprint density at radius 1 is 1.14 bits per heavy atom. The molecule has 0 unspecified atom stereocenters. The van der Waals surface area contributed by atoms with E-state index in [4.69, 9.17) is 5.73 Å². The van der Waals surface area contributed by atoms with Crippen molar-refractivity contribution >= 4 is 0 Å². The zero-order valence-electron chi connectivity index (χ0n) is 13.8. The van der Waals surface area contributed by atoms with E-state index >= 15 is 0 Å². The van der Waals surface area contributed by atoms with E-state index in [0.29, 0.717) is 5.41 Å². The predicted molar refractivity (Wildman–Crippen MR) is 88.8 cm³/mol. The molecule has 0 aromatic heterocycles. The highest BCUT2D eigenvalue weighted by Crippen LogP contribution is 2.74. The maximum Gasteiger partial charge on any atom is -0.00122 e. The molecular formula is C20H33N. The summed E-state index contributed by atoms with van der Waals surface area (Å²) in [7, 11) is 0. The minimum atomic E-state index is 0.550. The SMILES string of the molecule is C=C1CC[C@@H]2[C@H]([C@@H]3C[C@@H](C)C[C@H]13)[C@]2(CN)C1CCCCC1. The third-order valence-electron chi connectivity index (χ3n) is 7.96. The van der Waals surface area contributed by atoms with Gasteiger partial charge in [-0.1, -0.05) is 38.3 Å².